The molecule has 0 radical (unpaired) electrons. The summed E-state index contributed by atoms with van der Waals surface area (Å²) in [4.78, 5) is 13.0. The van der Waals surface area contributed by atoms with Gasteiger partial charge >= 0.3 is 12.6 Å². The van der Waals surface area contributed by atoms with Crippen LogP contribution in [0.4, 0.5) is 8.78 Å². The van der Waals surface area contributed by atoms with E-state index in [0.29, 0.717) is 22.6 Å². The third-order valence-corrected chi connectivity index (χ3v) is 5.50. The fourth-order valence-electron chi connectivity index (χ4n) is 3.36. The number of nitriles is 1. The molecule has 0 N–H and O–H groups in total. The van der Waals surface area contributed by atoms with E-state index in [1.807, 2.05) is 44.2 Å². The number of alkyl halides is 2. The molecule has 176 valence electrons. The van der Waals surface area contributed by atoms with Crippen LogP contribution in [0.25, 0.3) is 0 Å². The predicted molar refractivity (Wildman–Crippen MR) is 126 cm³/mol. The lowest BCUT2D eigenvalue weighted by Gasteiger charge is -2.22. The van der Waals surface area contributed by atoms with Gasteiger partial charge in [-0.2, -0.15) is 14.0 Å². The van der Waals surface area contributed by atoms with Gasteiger partial charge in [0.1, 0.15) is 23.3 Å². The van der Waals surface area contributed by atoms with Gasteiger partial charge in [-0.25, -0.2) is 0 Å². The number of carbonyl (C=O) groups is 1. The highest BCUT2D eigenvalue weighted by atomic mass is 79.9. The van der Waals surface area contributed by atoms with Crippen molar-refractivity contribution < 1.29 is 27.8 Å². The first-order valence-electron chi connectivity index (χ1n) is 10.4. The molecule has 2 atom stereocenters. The number of ether oxygens (including phenoxy) is 3. The molecule has 0 aliphatic heterocycles. The van der Waals surface area contributed by atoms with Crippen molar-refractivity contribution in [2.24, 2.45) is 5.92 Å². The van der Waals surface area contributed by atoms with Crippen molar-refractivity contribution in [1.82, 2.24) is 0 Å². The van der Waals surface area contributed by atoms with Crippen molar-refractivity contribution in [3.05, 3.63) is 88.4 Å². The quantitative estimate of drug-likeness (QED) is 0.270. The highest BCUT2D eigenvalue weighted by Gasteiger charge is 2.29. The van der Waals surface area contributed by atoms with Crippen LogP contribution in [0.1, 0.15) is 37.0 Å². The Labute approximate surface area is 205 Å². The summed E-state index contributed by atoms with van der Waals surface area (Å²) in [7, 11) is 0. The molecule has 0 aliphatic carbocycles. The zero-order chi connectivity index (χ0) is 24.7. The fourth-order valence-corrected chi connectivity index (χ4v) is 3.62. The number of carbonyl (C=O) groups excluding carboxylic acids is 1. The van der Waals surface area contributed by atoms with Crippen LogP contribution in [-0.4, -0.2) is 12.6 Å². The lowest BCUT2D eigenvalue weighted by molar-refractivity contribution is -0.150. The molecule has 0 aromatic heterocycles. The van der Waals surface area contributed by atoms with Gasteiger partial charge in [0, 0.05) is 10.0 Å². The number of hydrogen-bond acceptors (Lipinski definition) is 5. The molecule has 0 saturated heterocycles. The molecular formula is C26H22BrF2NO4. The molecule has 3 rings (SSSR count). The Balaban J connectivity index is 1.70. The standard InChI is InChI=1S/C26H22BrF2NO4/c1-16(2)24(18-5-11-22(12-6-18)33-26(28)29)25(31)34-23(15-30)17-3-9-20(10-4-17)32-21-13-7-19(27)8-14-21/h3-14,16,23-24,26H,1-2H3. The average Bonchev–Trinajstić information content (AvgIpc) is 2.80. The van der Waals surface area contributed by atoms with E-state index in [-0.39, 0.29) is 11.7 Å². The largest absolute Gasteiger partial charge is 0.457 e. The molecule has 34 heavy (non-hydrogen) atoms. The molecule has 0 amide bonds. The van der Waals surface area contributed by atoms with Crippen LogP contribution in [0, 0.1) is 17.2 Å². The van der Waals surface area contributed by atoms with Gasteiger partial charge in [0.2, 0.25) is 6.10 Å². The van der Waals surface area contributed by atoms with Crippen LogP contribution in [0.5, 0.6) is 17.2 Å². The van der Waals surface area contributed by atoms with Gasteiger partial charge in [-0.3, -0.25) is 4.79 Å². The van der Waals surface area contributed by atoms with Crippen molar-refractivity contribution in [2.45, 2.75) is 32.5 Å². The van der Waals surface area contributed by atoms with E-state index in [2.05, 4.69) is 20.7 Å². The molecule has 8 heteroatoms. The summed E-state index contributed by atoms with van der Waals surface area (Å²) in [5.74, 6) is -0.203. The summed E-state index contributed by atoms with van der Waals surface area (Å²) < 4.78 is 41.4. The first kappa shape index (κ1) is 25.2. The van der Waals surface area contributed by atoms with E-state index in [1.165, 1.54) is 12.1 Å². The normalized spacial score (nSPS) is 12.6. The van der Waals surface area contributed by atoms with Crippen molar-refractivity contribution in [3.63, 3.8) is 0 Å². The second kappa shape index (κ2) is 11.6. The van der Waals surface area contributed by atoms with E-state index in [1.54, 1.807) is 36.4 Å². The van der Waals surface area contributed by atoms with Gasteiger partial charge in [0.25, 0.3) is 0 Å². The average molecular weight is 530 g/mol. The highest BCUT2D eigenvalue weighted by Crippen LogP contribution is 2.31. The maximum atomic E-state index is 13.0. The smallest absolute Gasteiger partial charge is 0.387 e. The number of benzene rings is 3. The summed E-state index contributed by atoms with van der Waals surface area (Å²) >= 11 is 3.37. The number of halogens is 3. The van der Waals surface area contributed by atoms with Crippen molar-refractivity contribution in [2.75, 3.05) is 0 Å². The topological polar surface area (TPSA) is 68.6 Å². The Bertz CT molecular complexity index is 1130. The van der Waals surface area contributed by atoms with Crippen LogP contribution < -0.4 is 9.47 Å². The lowest BCUT2D eigenvalue weighted by Crippen LogP contribution is -2.22. The number of hydrogen-bond donors (Lipinski definition) is 0. The fraction of sp³-hybridized carbons (Fsp3) is 0.231. The molecule has 0 saturated carbocycles. The Morgan fingerprint density at radius 3 is 1.85 bits per heavy atom. The van der Waals surface area contributed by atoms with Gasteiger partial charge in [0.05, 0.1) is 5.92 Å². The van der Waals surface area contributed by atoms with Gasteiger partial charge in [0.15, 0.2) is 0 Å². The van der Waals surface area contributed by atoms with Crippen LogP contribution in [0.2, 0.25) is 0 Å². The summed E-state index contributed by atoms with van der Waals surface area (Å²) in [6.07, 6.45) is -1.11. The van der Waals surface area contributed by atoms with Crippen LogP contribution >= 0.6 is 15.9 Å². The molecule has 3 aromatic rings. The lowest BCUT2D eigenvalue weighted by atomic mass is 9.88. The van der Waals surface area contributed by atoms with Crippen LogP contribution in [-0.2, 0) is 9.53 Å². The zero-order valence-corrected chi connectivity index (χ0v) is 20.0. The Kier molecular flexibility index (Phi) is 8.61. The Hall–Kier alpha value is -3.44. The molecule has 3 aromatic carbocycles. The second-order valence-electron chi connectivity index (χ2n) is 7.74. The number of nitrogens with zero attached hydrogens (tertiary/aromatic N) is 1. The van der Waals surface area contributed by atoms with E-state index in [4.69, 9.17) is 9.47 Å². The predicted octanol–water partition coefficient (Wildman–Crippen LogP) is 7.39. The summed E-state index contributed by atoms with van der Waals surface area (Å²) in [5.41, 5.74) is 1.08. The molecule has 5 nitrogen and oxygen atoms in total. The molecular weight excluding hydrogens is 508 g/mol. The molecule has 0 aliphatic rings. The minimum atomic E-state index is -2.93. The number of esters is 1. The Morgan fingerprint density at radius 2 is 1.35 bits per heavy atom. The maximum Gasteiger partial charge on any atom is 0.387 e. The summed E-state index contributed by atoms with van der Waals surface area (Å²) in [6, 6.07) is 21.9. The van der Waals surface area contributed by atoms with E-state index >= 15 is 0 Å². The first-order valence-corrected chi connectivity index (χ1v) is 11.2. The third kappa shape index (κ3) is 6.78. The molecule has 0 bridgehead atoms. The number of rotatable bonds is 9. The molecule has 2 unspecified atom stereocenters. The minimum Gasteiger partial charge on any atom is -0.457 e. The van der Waals surface area contributed by atoms with Crippen LogP contribution in [0.15, 0.2) is 77.3 Å². The van der Waals surface area contributed by atoms with Gasteiger partial charge in [-0.1, -0.05) is 54.0 Å². The molecule has 0 fully saturated rings. The summed E-state index contributed by atoms with van der Waals surface area (Å²) in [6.45, 7) is 0.746. The van der Waals surface area contributed by atoms with E-state index in [9.17, 15) is 18.8 Å². The van der Waals surface area contributed by atoms with Crippen molar-refractivity contribution in [3.8, 4) is 23.3 Å². The SMILES string of the molecule is CC(C)C(C(=O)OC(C#N)c1ccc(Oc2ccc(Br)cc2)cc1)c1ccc(OC(F)F)cc1. The van der Waals surface area contributed by atoms with Gasteiger partial charge < -0.3 is 14.2 Å². The van der Waals surface area contributed by atoms with Crippen molar-refractivity contribution in [1.29, 1.82) is 5.26 Å². The maximum absolute atomic E-state index is 13.0. The van der Waals surface area contributed by atoms with E-state index in [0.717, 1.165) is 4.47 Å². The van der Waals surface area contributed by atoms with E-state index < -0.39 is 24.6 Å². The Morgan fingerprint density at radius 1 is 0.853 bits per heavy atom. The third-order valence-electron chi connectivity index (χ3n) is 4.97. The zero-order valence-electron chi connectivity index (χ0n) is 18.5. The minimum absolute atomic E-state index is 0.00466. The van der Waals surface area contributed by atoms with Crippen LogP contribution in [0.3, 0.4) is 0 Å². The first-order chi connectivity index (χ1) is 16.3. The summed E-state index contributed by atoms with van der Waals surface area (Å²) in [5, 5.41) is 9.62. The molecule has 0 heterocycles. The molecule has 0 spiro atoms. The van der Waals surface area contributed by atoms with Gasteiger partial charge in [-0.05, 0) is 60.0 Å². The highest BCUT2D eigenvalue weighted by molar-refractivity contribution is 9.10. The monoisotopic (exact) mass is 529 g/mol. The van der Waals surface area contributed by atoms with Crippen molar-refractivity contribution >= 4 is 21.9 Å². The van der Waals surface area contributed by atoms with Gasteiger partial charge in [-0.15, -0.1) is 0 Å². The second-order valence-corrected chi connectivity index (χ2v) is 8.66.